The summed E-state index contributed by atoms with van der Waals surface area (Å²) in [6.45, 7) is 0. The third-order valence-electron chi connectivity index (χ3n) is 0.602. The molecule has 0 amide bonds. The monoisotopic (exact) mass is 194 g/mol. The van der Waals surface area contributed by atoms with E-state index in [-0.39, 0.29) is 0 Å². The molecule has 0 unspecified atom stereocenters. The summed E-state index contributed by atoms with van der Waals surface area (Å²) >= 11 is 0. The van der Waals surface area contributed by atoms with Gasteiger partial charge in [-0.2, -0.15) is 8.42 Å². The Labute approximate surface area is 70.4 Å². The van der Waals surface area contributed by atoms with Crippen molar-refractivity contribution in [2.75, 3.05) is 6.26 Å². The van der Waals surface area contributed by atoms with E-state index in [4.69, 9.17) is 10.3 Å². The first-order valence-electron chi connectivity index (χ1n) is 2.87. The molecule has 1 aliphatic heterocycles. The van der Waals surface area contributed by atoms with Gasteiger partial charge >= 0.3 is 0 Å². The van der Waals surface area contributed by atoms with Crippen molar-refractivity contribution in [1.29, 1.82) is 0 Å². The topological polar surface area (TPSA) is 102 Å². The van der Waals surface area contributed by atoms with Crippen LogP contribution in [0.4, 0.5) is 0 Å². The summed E-state index contributed by atoms with van der Waals surface area (Å²) in [6, 6.07) is 0. The number of nitrogens with one attached hydrogen (secondary N) is 1. The number of rotatable bonds is 0. The average molecular weight is 194 g/mol. The van der Waals surface area contributed by atoms with Crippen molar-refractivity contribution in [3.05, 3.63) is 24.2 Å². The maximum atomic E-state index is 9.19. The fraction of sp³-hybridized carbons (Fsp3) is 0.200. The molecule has 1 aliphatic rings. The second-order valence-corrected chi connectivity index (χ2v) is 3.35. The van der Waals surface area contributed by atoms with Gasteiger partial charge in [0.2, 0.25) is 5.88 Å². The summed E-state index contributed by atoms with van der Waals surface area (Å²) in [5.74, 6) is 0.391. The van der Waals surface area contributed by atoms with Crippen molar-refractivity contribution in [1.82, 2.24) is 5.48 Å². The molecule has 6 nitrogen and oxygen atoms in total. The largest absolute Gasteiger partial charge is 0.368 e. The van der Waals surface area contributed by atoms with Gasteiger partial charge in [0.15, 0.2) is 0 Å². The van der Waals surface area contributed by atoms with E-state index < -0.39 is 10.1 Å². The Morgan fingerprint density at radius 1 is 1.67 bits per heavy atom. The second-order valence-electron chi connectivity index (χ2n) is 1.88. The lowest BCUT2D eigenvalue weighted by atomic mass is 10.5. The van der Waals surface area contributed by atoms with Crippen LogP contribution in [-0.2, 0) is 15.0 Å². The van der Waals surface area contributed by atoms with Crippen molar-refractivity contribution < 1.29 is 17.8 Å². The third kappa shape index (κ3) is 11.6. The van der Waals surface area contributed by atoms with Crippen molar-refractivity contribution in [2.45, 2.75) is 0 Å². The number of hydrogen-bond donors (Lipinski definition) is 3. The Hall–Kier alpha value is -1.21. The number of nitrogens with two attached hydrogens (primary N) is 1. The zero-order valence-corrected chi connectivity index (χ0v) is 7.21. The minimum absolute atomic E-state index is 0.391. The Morgan fingerprint density at radius 3 is 2.33 bits per heavy atom. The molecular formula is C5H10N2O4S. The summed E-state index contributed by atoms with van der Waals surface area (Å²) in [7, 11) is -3.67. The highest BCUT2D eigenvalue weighted by Crippen LogP contribution is 1.89. The molecule has 0 radical (unpaired) electrons. The standard InChI is InChI=1S/C4H6N2O.CH4O3S/c5-4-2-1-3-6-7-4;1-5(2,3)4/h1-3,6H,5H2;1H3,(H,2,3,4). The van der Waals surface area contributed by atoms with Gasteiger partial charge in [-0.15, -0.1) is 0 Å². The molecule has 0 saturated heterocycles. The minimum atomic E-state index is -3.67. The van der Waals surface area contributed by atoms with Gasteiger partial charge in [0.25, 0.3) is 10.1 Å². The molecule has 0 fully saturated rings. The van der Waals surface area contributed by atoms with Gasteiger partial charge in [-0.3, -0.25) is 4.55 Å². The molecule has 0 aromatic rings. The molecule has 4 N–H and O–H groups in total. The predicted molar refractivity (Wildman–Crippen MR) is 43.1 cm³/mol. The molecule has 0 aliphatic carbocycles. The molecule has 0 spiro atoms. The highest BCUT2D eigenvalue weighted by molar-refractivity contribution is 7.85. The highest BCUT2D eigenvalue weighted by atomic mass is 32.2. The molecule has 12 heavy (non-hydrogen) atoms. The number of hydrogen-bond acceptors (Lipinski definition) is 5. The van der Waals surface area contributed by atoms with Crippen LogP contribution in [0.5, 0.6) is 0 Å². The van der Waals surface area contributed by atoms with E-state index in [1.165, 1.54) is 0 Å². The van der Waals surface area contributed by atoms with E-state index in [9.17, 15) is 8.42 Å². The van der Waals surface area contributed by atoms with Crippen LogP contribution in [0.15, 0.2) is 24.2 Å². The SMILES string of the molecule is CS(=O)(=O)O.NC1=CC=CNO1. The van der Waals surface area contributed by atoms with Crippen LogP contribution in [0.2, 0.25) is 0 Å². The van der Waals surface area contributed by atoms with E-state index >= 15 is 0 Å². The van der Waals surface area contributed by atoms with Crippen LogP contribution in [0.1, 0.15) is 0 Å². The maximum Gasteiger partial charge on any atom is 0.261 e. The fourth-order valence-electron chi connectivity index (χ4n) is 0.318. The molecule has 1 heterocycles. The van der Waals surface area contributed by atoms with Crippen LogP contribution in [0, 0.1) is 0 Å². The highest BCUT2D eigenvalue weighted by Gasteiger charge is 1.87. The van der Waals surface area contributed by atoms with Crippen LogP contribution in [0.25, 0.3) is 0 Å². The van der Waals surface area contributed by atoms with Crippen molar-refractivity contribution in [3.63, 3.8) is 0 Å². The van der Waals surface area contributed by atoms with Gasteiger partial charge in [0.05, 0.1) is 6.26 Å². The molecule has 0 aromatic heterocycles. The van der Waals surface area contributed by atoms with E-state index in [0.29, 0.717) is 12.1 Å². The van der Waals surface area contributed by atoms with Gasteiger partial charge in [-0.05, 0) is 6.08 Å². The van der Waals surface area contributed by atoms with Gasteiger partial charge in [-0.1, -0.05) is 0 Å². The lowest BCUT2D eigenvalue weighted by Crippen LogP contribution is -2.14. The smallest absolute Gasteiger partial charge is 0.261 e. The van der Waals surface area contributed by atoms with E-state index in [2.05, 4.69) is 10.3 Å². The predicted octanol–water partition coefficient (Wildman–Crippen LogP) is -0.661. The van der Waals surface area contributed by atoms with Crippen molar-refractivity contribution >= 4 is 10.1 Å². The average Bonchev–Trinajstić information content (AvgIpc) is 1.85. The van der Waals surface area contributed by atoms with Gasteiger partial charge in [0.1, 0.15) is 0 Å². The Morgan fingerprint density at radius 2 is 2.17 bits per heavy atom. The third-order valence-corrected chi connectivity index (χ3v) is 0.602. The molecule has 7 heteroatoms. The van der Waals surface area contributed by atoms with Gasteiger partial charge < -0.3 is 10.6 Å². The summed E-state index contributed by atoms with van der Waals surface area (Å²) in [5.41, 5.74) is 7.62. The fourth-order valence-corrected chi connectivity index (χ4v) is 0.318. The quantitative estimate of drug-likeness (QED) is 0.442. The van der Waals surface area contributed by atoms with Crippen molar-refractivity contribution in [3.8, 4) is 0 Å². The summed E-state index contributed by atoms with van der Waals surface area (Å²) < 4.78 is 25.9. The summed E-state index contributed by atoms with van der Waals surface area (Å²) in [5, 5.41) is 0. The Kier molecular flexibility index (Phi) is 4.16. The lowest BCUT2D eigenvalue weighted by molar-refractivity contribution is 0.136. The van der Waals surface area contributed by atoms with E-state index in [1.807, 2.05) is 0 Å². The molecule has 0 aromatic carbocycles. The number of hydroxylamine groups is 1. The Bertz CT molecular complexity index is 272. The molecule has 0 saturated carbocycles. The second kappa shape index (κ2) is 4.62. The van der Waals surface area contributed by atoms with Crippen molar-refractivity contribution in [2.24, 2.45) is 5.73 Å². The minimum Gasteiger partial charge on any atom is -0.368 e. The van der Waals surface area contributed by atoms with Gasteiger partial charge in [-0.25, -0.2) is 5.48 Å². The van der Waals surface area contributed by atoms with Crippen LogP contribution in [-0.4, -0.2) is 19.2 Å². The van der Waals surface area contributed by atoms with E-state index in [1.54, 1.807) is 18.4 Å². The molecule has 70 valence electrons. The summed E-state index contributed by atoms with van der Waals surface area (Å²) in [4.78, 5) is 4.58. The van der Waals surface area contributed by atoms with E-state index in [0.717, 1.165) is 0 Å². The first-order chi connectivity index (χ1) is 5.39. The zero-order valence-electron chi connectivity index (χ0n) is 6.39. The lowest BCUT2D eigenvalue weighted by Gasteiger charge is -2.04. The Balaban J connectivity index is 0.000000217. The first-order valence-corrected chi connectivity index (χ1v) is 4.71. The van der Waals surface area contributed by atoms with Crippen LogP contribution in [0.3, 0.4) is 0 Å². The van der Waals surface area contributed by atoms with Crippen LogP contribution < -0.4 is 11.2 Å². The maximum absolute atomic E-state index is 9.19. The zero-order chi connectivity index (χ0) is 9.61. The summed E-state index contributed by atoms with van der Waals surface area (Å²) in [6.07, 6.45) is 5.79. The molecular weight excluding hydrogens is 184 g/mol. The van der Waals surface area contributed by atoms with Crippen LogP contribution >= 0.6 is 0 Å². The first kappa shape index (κ1) is 10.8. The number of allylic oxidation sites excluding steroid dienone is 2. The molecule has 1 rings (SSSR count). The van der Waals surface area contributed by atoms with Gasteiger partial charge in [0, 0.05) is 12.3 Å². The molecule has 0 atom stereocenters. The molecule has 0 bridgehead atoms. The normalized spacial score (nSPS) is 14.7.